The molecular formula is C21H27N3O2S. The number of benzene rings is 1. The Balaban J connectivity index is 1.31. The molecule has 2 N–H and O–H groups in total. The van der Waals surface area contributed by atoms with Crippen LogP contribution in [0.25, 0.3) is 0 Å². The van der Waals surface area contributed by atoms with Crippen molar-refractivity contribution >= 4 is 23.2 Å². The highest BCUT2D eigenvalue weighted by molar-refractivity contribution is 7.08. The molecule has 1 atom stereocenters. The summed E-state index contributed by atoms with van der Waals surface area (Å²) in [7, 11) is 0. The van der Waals surface area contributed by atoms with Crippen LogP contribution in [0.5, 0.6) is 0 Å². The van der Waals surface area contributed by atoms with Crippen LogP contribution in [0.1, 0.15) is 41.3 Å². The van der Waals surface area contributed by atoms with Gasteiger partial charge in [0.25, 0.3) is 5.91 Å². The number of amides is 2. The van der Waals surface area contributed by atoms with Gasteiger partial charge in [0, 0.05) is 49.6 Å². The number of nitrogens with one attached hydrogen (secondary N) is 2. The molecule has 0 spiro atoms. The van der Waals surface area contributed by atoms with Crippen LogP contribution >= 0.6 is 11.3 Å². The number of fused-ring (bicyclic) bond motifs is 1. The predicted octanol–water partition coefficient (Wildman–Crippen LogP) is 2.82. The van der Waals surface area contributed by atoms with Gasteiger partial charge in [-0.25, -0.2) is 0 Å². The van der Waals surface area contributed by atoms with Crippen LogP contribution < -0.4 is 10.6 Å². The van der Waals surface area contributed by atoms with Crippen molar-refractivity contribution in [3.05, 3.63) is 57.8 Å². The fourth-order valence-corrected chi connectivity index (χ4v) is 3.96. The van der Waals surface area contributed by atoms with E-state index in [1.807, 2.05) is 10.8 Å². The van der Waals surface area contributed by atoms with Crippen LogP contribution in [0.3, 0.4) is 0 Å². The first kappa shape index (κ1) is 19.6. The molecular weight excluding hydrogens is 358 g/mol. The van der Waals surface area contributed by atoms with Crippen LogP contribution in [0.4, 0.5) is 0 Å². The highest BCUT2D eigenvalue weighted by Crippen LogP contribution is 2.19. The maximum Gasteiger partial charge on any atom is 0.252 e. The molecule has 2 heterocycles. The van der Waals surface area contributed by atoms with Gasteiger partial charge >= 0.3 is 0 Å². The van der Waals surface area contributed by atoms with E-state index in [-0.39, 0.29) is 11.8 Å². The molecule has 0 saturated heterocycles. The molecule has 27 heavy (non-hydrogen) atoms. The molecule has 1 aromatic heterocycles. The molecule has 2 aromatic rings. The molecule has 2 amide bonds. The molecule has 3 rings (SSSR count). The van der Waals surface area contributed by atoms with E-state index in [0.717, 1.165) is 19.5 Å². The minimum Gasteiger partial charge on any atom is -0.355 e. The van der Waals surface area contributed by atoms with E-state index in [4.69, 9.17) is 0 Å². The van der Waals surface area contributed by atoms with E-state index < -0.39 is 0 Å². The van der Waals surface area contributed by atoms with Gasteiger partial charge in [0.05, 0.1) is 0 Å². The van der Waals surface area contributed by atoms with Crippen LogP contribution in [0, 0.1) is 0 Å². The molecule has 0 radical (unpaired) electrons. The number of rotatable bonds is 8. The molecule has 1 unspecified atom stereocenters. The minimum atomic E-state index is -0.0735. The Bertz CT molecular complexity index is 761. The monoisotopic (exact) mass is 385 g/mol. The lowest BCUT2D eigenvalue weighted by Gasteiger charge is -2.33. The Hall–Kier alpha value is -2.18. The Labute approximate surface area is 164 Å². The SMILES string of the molecule is CC(CNC(=O)CCCNC(=O)c1ccsc1)N1CCc2ccccc2C1. The zero-order valence-corrected chi connectivity index (χ0v) is 16.6. The first-order valence-electron chi connectivity index (χ1n) is 9.51. The third-order valence-electron chi connectivity index (χ3n) is 5.03. The maximum atomic E-state index is 12.1. The van der Waals surface area contributed by atoms with Gasteiger partial charge in [-0.15, -0.1) is 0 Å². The molecule has 144 valence electrons. The summed E-state index contributed by atoms with van der Waals surface area (Å²) in [5.74, 6) is -0.0281. The topological polar surface area (TPSA) is 61.4 Å². The summed E-state index contributed by atoms with van der Waals surface area (Å²) in [6.45, 7) is 5.31. The average molecular weight is 386 g/mol. The molecule has 0 aliphatic carbocycles. The molecule has 1 aromatic carbocycles. The van der Waals surface area contributed by atoms with Gasteiger partial charge in [-0.3, -0.25) is 14.5 Å². The second kappa shape index (κ2) is 9.67. The lowest BCUT2D eigenvalue weighted by molar-refractivity contribution is -0.121. The number of thiophene rings is 1. The highest BCUT2D eigenvalue weighted by Gasteiger charge is 2.20. The Kier molecular flexibility index (Phi) is 7.01. The summed E-state index contributed by atoms with van der Waals surface area (Å²) in [5, 5.41) is 9.57. The second-order valence-electron chi connectivity index (χ2n) is 7.01. The van der Waals surface area contributed by atoms with E-state index in [0.29, 0.717) is 37.5 Å². The van der Waals surface area contributed by atoms with Gasteiger partial charge in [0.1, 0.15) is 0 Å². The summed E-state index contributed by atoms with van der Waals surface area (Å²) in [5.41, 5.74) is 3.51. The van der Waals surface area contributed by atoms with Crippen molar-refractivity contribution in [2.24, 2.45) is 0 Å². The van der Waals surface area contributed by atoms with Gasteiger partial charge in [0.15, 0.2) is 0 Å². The van der Waals surface area contributed by atoms with Gasteiger partial charge in [0.2, 0.25) is 5.91 Å². The molecule has 0 fully saturated rings. The van der Waals surface area contributed by atoms with E-state index in [1.54, 1.807) is 6.07 Å². The second-order valence-corrected chi connectivity index (χ2v) is 7.79. The Morgan fingerprint density at radius 2 is 2.00 bits per heavy atom. The molecule has 6 heteroatoms. The van der Waals surface area contributed by atoms with Crippen LogP contribution in [0.2, 0.25) is 0 Å². The van der Waals surface area contributed by atoms with Crippen molar-refractivity contribution in [3.63, 3.8) is 0 Å². The smallest absolute Gasteiger partial charge is 0.252 e. The average Bonchev–Trinajstić information content (AvgIpc) is 3.24. The van der Waals surface area contributed by atoms with Crippen LogP contribution in [-0.4, -0.2) is 42.4 Å². The summed E-state index contributed by atoms with van der Waals surface area (Å²) >= 11 is 1.50. The van der Waals surface area contributed by atoms with Crippen molar-refractivity contribution in [1.29, 1.82) is 0 Å². The largest absolute Gasteiger partial charge is 0.355 e. The van der Waals surface area contributed by atoms with E-state index in [2.05, 4.69) is 46.7 Å². The van der Waals surface area contributed by atoms with Gasteiger partial charge < -0.3 is 10.6 Å². The van der Waals surface area contributed by atoms with Crippen molar-refractivity contribution in [1.82, 2.24) is 15.5 Å². The Morgan fingerprint density at radius 1 is 1.19 bits per heavy atom. The van der Waals surface area contributed by atoms with Crippen molar-refractivity contribution < 1.29 is 9.59 Å². The normalized spacial score (nSPS) is 15.0. The van der Waals surface area contributed by atoms with Crippen LogP contribution in [-0.2, 0) is 17.8 Å². The summed E-state index contributed by atoms with van der Waals surface area (Å²) < 4.78 is 0. The lowest BCUT2D eigenvalue weighted by atomic mass is 9.99. The minimum absolute atomic E-state index is 0.0454. The summed E-state index contributed by atoms with van der Waals surface area (Å²) in [4.78, 5) is 26.3. The number of carbonyl (C=O) groups excluding carboxylic acids is 2. The van der Waals surface area contributed by atoms with Crippen molar-refractivity contribution in [2.45, 2.75) is 38.8 Å². The third-order valence-corrected chi connectivity index (χ3v) is 5.71. The fourth-order valence-electron chi connectivity index (χ4n) is 3.32. The number of carbonyl (C=O) groups is 2. The van der Waals surface area contributed by atoms with Gasteiger partial charge in [-0.2, -0.15) is 11.3 Å². The van der Waals surface area contributed by atoms with E-state index >= 15 is 0 Å². The zero-order chi connectivity index (χ0) is 19.1. The molecule has 0 saturated carbocycles. The molecule has 1 aliphatic rings. The Morgan fingerprint density at radius 3 is 2.78 bits per heavy atom. The number of nitrogens with zero attached hydrogens (tertiary/aromatic N) is 1. The molecule has 0 bridgehead atoms. The molecule has 5 nitrogen and oxygen atoms in total. The predicted molar refractivity (Wildman–Crippen MR) is 109 cm³/mol. The van der Waals surface area contributed by atoms with Crippen molar-refractivity contribution in [3.8, 4) is 0 Å². The number of hydrogen-bond donors (Lipinski definition) is 2. The fraction of sp³-hybridized carbons (Fsp3) is 0.429. The summed E-state index contributed by atoms with van der Waals surface area (Å²) in [6.07, 6.45) is 2.14. The van der Waals surface area contributed by atoms with Gasteiger partial charge in [-0.1, -0.05) is 24.3 Å². The van der Waals surface area contributed by atoms with E-state index in [1.165, 1.54) is 22.5 Å². The maximum absolute atomic E-state index is 12.1. The third kappa shape index (κ3) is 5.65. The first-order valence-corrected chi connectivity index (χ1v) is 10.5. The highest BCUT2D eigenvalue weighted by atomic mass is 32.1. The quantitative estimate of drug-likeness (QED) is 0.687. The first-order chi connectivity index (χ1) is 13.1. The standard InChI is InChI=1S/C21H27N3O2S/c1-16(24-11-8-17-5-2-3-6-18(17)14-24)13-23-20(25)7-4-10-22-21(26)19-9-12-27-15-19/h2-3,5-6,9,12,15-16H,4,7-8,10-11,13-14H2,1H3,(H,22,26)(H,23,25). The number of hydrogen-bond acceptors (Lipinski definition) is 4. The lowest BCUT2D eigenvalue weighted by Crippen LogP contribution is -2.44. The molecule has 1 aliphatic heterocycles. The van der Waals surface area contributed by atoms with Crippen molar-refractivity contribution in [2.75, 3.05) is 19.6 Å². The zero-order valence-electron chi connectivity index (χ0n) is 15.7. The summed E-state index contributed by atoms with van der Waals surface area (Å²) in [6, 6.07) is 10.7. The van der Waals surface area contributed by atoms with Crippen LogP contribution in [0.15, 0.2) is 41.1 Å². The van der Waals surface area contributed by atoms with E-state index in [9.17, 15) is 9.59 Å². The van der Waals surface area contributed by atoms with Gasteiger partial charge in [-0.05, 0) is 42.3 Å².